The van der Waals surface area contributed by atoms with Crippen LogP contribution in [0.1, 0.15) is 64.7 Å². The molecule has 2 aliphatic carbocycles. The van der Waals surface area contributed by atoms with Crippen LogP contribution in [0.2, 0.25) is 0 Å². The van der Waals surface area contributed by atoms with Crippen LogP contribution in [-0.4, -0.2) is 6.29 Å². The van der Waals surface area contributed by atoms with Gasteiger partial charge in [0, 0.05) is 5.92 Å². The van der Waals surface area contributed by atoms with Gasteiger partial charge in [-0.2, -0.15) is 0 Å². The van der Waals surface area contributed by atoms with Crippen LogP contribution < -0.4 is 0 Å². The lowest BCUT2D eigenvalue weighted by Gasteiger charge is -2.36. The molecule has 2 fully saturated rings. The number of aldehydes is 1. The highest BCUT2D eigenvalue weighted by Crippen LogP contribution is 2.41. The highest BCUT2D eigenvalue weighted by atomic mass is 16.1. The fraction of sp³-hybridized carbons (Fsp3) is 0.933. The molecule has 0 aliphatic heterocycles. The Morgan fingerprint density at radius 2 is 1.38 bits per heavy atom. The molecule has 2 aliphatic rings. The standard InChI is InChI=1S/C15H26O/c1-2-12-3-7-14(8-4-12)15-9-5-13(11-16)6-10-15/h11-15H,2-10H2,1H3/t12?,13-,14?,15-. The van der Waals surface area contributed by atoms with Crippen LogP contribution in [0.4, 0.5) is 0 Å². The number of rotatable bonds is 3. The third-order valence-corrected chi connectivity index (χ3v) is 5.14. The molecule has 0 saturated heterocycles. The number of carbonyl (C=O) groups excluding carboxylic acids is 1. The van der Waals surface area contributed by atoms with Crippen molar-refractivity contribution in [2.24, 2.45) is 23.7 Å². The fourth-order valence-corrected chi connectivity index (χ4v) is 3.82. The molecule has 0 spiro atoms. The van der Waals surface area contributed by atoms with Crippen molar-refractivity contribution in [2.45, 2.75) is 64.7 Å². The Kier molecular flexibility index (Phi) is 4.43. The molecule has 92 valence electrons. The molecule has 0 atom stereocenters. The summed E-state index contributed by atoms with van der Waals surface area (Å²) in [6, 6.07) is 0. The summed E-state index contributed by atoms with van der Waals surface area (Å²) >= 11 is 0. The summed E-state index contributed by atoms with van der Waals surface area (Å²) in [4.78, 5) is 10.7. The van der Waals surface area contributed by atoms with E-state index in [0.717, 1.165) is 17.8 Å². The van der Waals surface area contributed by atoms with Gasteiger partial charge in [-0.15, -0.1) is 0 Å². The molecule has 0 bridgehead atoms. The second-order valence-electron chi connectivity index (χ2n) is 6.00. The lowest BCUT2D eigenvalue weighted by molar-refractivity contribution is -0.112. The van der Waals surface area contributed by atoms with Crippen molar-refractivity contribution in [1.29, 1.82) is 0 Å². The van der Waals surface area contributed by atoms with E-state index < -0.39 is 0 Å². The van der Waals surface area contributed by atoms with Crippen molar-refractivity contribution in [3.05, 3.63) is 0 Å². The minimum Gasteiger partial charge on any atom is -0.303 e. The van der Waals surface area contributed by atoms with Gasteiger partial charge in [-0.1, -0.05) is 26.2 Å². The number of carbonyl (C=O) groups is 1. The molecule has 0 aromatic heterocycles. The minimum absolute atomic E-state index is 0.392. The van der Waals surface area contributed by atoms with Gasteiger partial charge in [0.05, 0.1) is 0 Å². The third-order valence-electron chi connectivity index (χ3n) is 5.14. The summed E-state index contributed by atoms with van der Waals surface area (Å²) in [5.74, 6) is 3.36. The van der Waals surface area contributed by atoms with Gasteiger partial charge < -0.3 is 4.79 Å². The zero-order valence-corrected chi connectivity index (χ0v) is 10.7. The van der Waals surface area contributed by atoms with E-state index >= 15 is 0 Å². The largest absolute Gasteiger partial charge is 0.303 e. The van der Waals surface area contributed by atoms with Crippen molar-refractivity contribution in [1.82, 2.24) is 0 Å². The first-order chi connectivity index (χ1) is 7.83. The van der Waals surface area contributed by atoms with Crippen LogP contribution in [0, 0.1) is 23.7 Å². The van der Waals surface area contributed by atoms with Gasteiger partial charge in [-0.25, -0.2) is 0 Å². The lowest BCUT2D eigenvalue weighted by atomic mass is 9.69. The quantitative estimate of drug-likeness (QED) is 0.654. The summed E-state index contributed by atoms with van der Waals surface area (Å²) in [6.45, 7) is 2.33. The Balaban J connectivity index is 1.75. The molecule has 1 nitrogen and oxygen atoms in total. The van der Waals surface area contributed by atoms with Crippen LogP contribution in [0.3, 0.4) is 0 Å². The maximum Gasteiger partial charge on any atom is 0.123 e. The SMILES string of the molecule is CCC1CCC([C@H]2CC[C@H](C=O)CC2)CC1. The smallest absolute Gasteiger partial charge is 0.123 e. The van der Waals surface area contributed by atoms with Gasteiger partial charge in [0.25, 0.3) is 0 Å². The van der Waals surface area contributed by atoms with Gasteiger partial charge in [-0.05, 0) is 56.3 Å². The van der Waals surface area contributed by atoms with E-state index in [2.05, 4.69) is 6.92 Å². The van der Waals surface area contributed by atoms with Crippen LogP contribution >= 0.6 is 0 Å². The Morgan fingerprint density at radius 3 is 1.81 bits per heavy atom. The molecule has 0 aromatic carbocycles. The molecule has 2 rings (SSSR count). The molecule has 0 radical (unpaired) electrons. The van der Waals surface area contributed by atoms with E-state index in [1.54, 1.807) is 0 Å². The van der Waals surface area contributed by atoms with Gasteiger partial charge in [0.15, 0.2) is 0 Å². The van der Waals surface area contributed by atoms with Crippen LogP contribution in [0.25, 0.3) is 0 Å². The molecular formula is C15H26O. The molecule has 0 amide bonds. The molecule has 0 unspecified atom stereocenters. The Hall–Kier alpha value is -0.330. The zero-order valence-electron chi connectivity index (χ0n) is 10.7. The summed E-state index contributed by atoms with van der Waals surface area (Å²) in [5.41, 5.74) is 0. The van der Waals surface area contributed by atoms with E-state index in [1.807, 2.05) is 0 Å². The van der Waals surface area contributed by atoms with E-state index in [4.69, 9.17) is 0 Å². The molecule has 0 heterocycles. The zero-order chi connectivity index (χ0) is 11.4. The summed E-state index contributed by atoms with van der Waals surface area (Å²) < 4.78 is 0. The maximum atomic E-state index is 10.7. The first-order valence-electron chi connectivity index (χ1n) is 7.28. The van der Waals surface area contributed by atoms with Gasteiger partial charge in [0.1, 0.15) is 6.29 Å². The number of hydrogen-bond donors (Lipinski definition) is 0. The minimum atomic E-state index is 0.392. The average Bonchev–Trinajstić information content (AvgIpc) is 2.39. The van der Waals surface area contributed by atoms with Crippen LogP contribution in [-0.2, 0) is 4.79 Å². The lowest BCUT2D eigenvalue weighted by Crippen LogP contribution is -2.26. The molecule has 16 heavy (non-hydrogen) atoms. The highest BCUT2D eigenvalue weighted by molar-refractivity contribution is 5.53. The van der Waals surface area contributed by atoms with Gasteiger partial charge in [0.2, 0.25) is 0 Å². The molecule has 1 heteroatoms. The summed E-state index contributed by atoms with van der Waals surface area (Å²) in [5, 5.41) is 0. The molecular weight excluding hydrogens is 196 g/mol. The van der Waals surface area contributed by atoms with Crippen molar-refractivity contribution < 1.29 is 4.79 Å². The van der Waals surface area contributed by atoms with Crippen LogP contribution in [0.15, 0.2) is 0 Å². The predicted octanol–water partition coefficient (Wildman–Crippen LogP) is 4.21. The third kappa shape index (κ3) is 2.87. The molecule has 2 saturated carbocycles. The first kappa shape index (κ1) is 12.1. The monoisotopic (exact) mass is 222 g/mol. The fourth-order valence-electron chi connectivity index (χ4n) is 3.82. The second-order valence-corrected chi connectivity index (χ2v) is 6.00. The van der Waals surface area contributed by atoms with Crippen molar-refractivity contribution in [3.63, 3.8) is 0 Å². The van der Waals surface area contributed by atoms with Gasteiger partial charge in [-0.3, -0.25) is 0 Å². The second kappa shape index (κ2) is 5.84. The van der Waals surface area contributed by atoms with Crippen molar-refractivity contribution >= 4 is 6.29 Å². The van der Waals surface area contributed by atoms with Crippen molar-refractivity contribution in [3.8, 4) is 0 Å². The number of hydrogen-bond acceptors (Lipinski definition) is 1. The normalized spacial score (nSPS) is 40.6. The van der Waals surface area contributed by atoms with E-state index in [1.165, 1.54) is 64.1 Å². The molecule has 0 aromatic rings. The summed E-state index contributed by atoms with van der Waals surface area (Å²) in [7, 11) is 0. The average molecular weight is 222 g/mol. The van der Waals surface area contributed by atoms with Gasteiger partial charge >= 0.3 is 0 Å². The van der Waals surface area contributed by atoms with E-state index in [0.29, 0.717) is 5.92 Å². The highest BCUT2D eigenvalue weighted by Gasteiger charge is 2.30. The van der Waals surface area contributed by atoms with E-state index in [-0.39, 0.29) is 0 Å². The summed E-state index contributed by atoms with van der Waals surface area (Å²) in [6.07, 6.45) is 13.4. The van der Waals surface area contributed by atoms with E-state index in [9.17, 15) is 4.79 Å². The van der Waals surface area contributed by atoms with Crippen molar-refractivity contribution in [2.75, 3.05) is 0 Å². The predicted molar refractivity (Wildman–Crippen MR) is 67.3 cm³/mol. The Bertz CT molecular complexity index is 207. The Morgan fingerprint density at radius 1 is 0.875 bits per heavy atom. The molecule has 0 N–H and O–H groups in total. The first-order valence-corrected chi connectivity index (χ1v) is 7.28. The Labute approximate surface area is 100.0 Å². The maximum absolute atomic E-state index is 10.7. The topological polar surface area (TPSA) is 17.1 Å². The van der Waals surface area contributed by atoms with Crippen LogP contribution in [0.5, 0.6) is 0 Å².